The number of halogens is 2. The largest absolute Gasteiger partial charge is 0.370 e. The molecule has 0 aliphatic heterocycles. The molecule has 3 nitrogen and oxygen atoms in total. The molecule has 2 heterocycles. The normalized spacial score (nSPS) is 20.9. The average Bonchev–Trinajstić information content (AvgIpc) is 2.83. The van der Waals surface area contributed by atoms with Gasteiger partial charge in [-0.15, -0.1) is 46.7 Å². The van der Waals surface area contributed by atoms with Gasteiger partial charge in [-0.3, -0.25) is 4.99 Å². The molecule has 1 aliphatic carbocycles. The Morgan fingerprint density at radius 1 is 1.43 bits per heavy atom. The van der Waals surface area contributed by atoms with Crippen LogP contribution in [0.25, 0.3) is 0 Å². The van der Waals surface area contributed by atoms with Crippen LogP contribution in [0.1, 0.15) is 22.1 Å². The maximum absolute atomic E-state index is 5.94. The van der Waals surface area contributed by atoms with Gasteiger partial charge in [-0.25, -0.2) is 0 Å². The minimum absolute atomic E-state index is 0. The lowest BCUT2D eigenvalue weighted by Crippen LogP contribution is -2.34. The van der Waals surface area contributed by atoms with Gasteiger partial charge >= 0.3 is 0 Å². The first-order valence-corrected chi connectivity index (χ1v) is 9.05. The molecule has 21 heavy (non-hydrogen) atoms. The second-order valence-corrected chi connectivity index (χ2v) is 8.36. The van der Waals surface area contributed by atoms with Gasteiger partial charge in [-0.05, 0) is 45.9 Å². The molecule has 2 atom stereocenters. The molecule has 2 aromatic heterocycles. The Balaban J connectivity index is 0.00000161. The third kappa shape index (κ3) is 4.94. The van der Waals surface area contributed by atoms with Crippen molar-refractivity contribution in [2.75, 3.05) is 6.54 Å². The first-order valence-electron chi connectivity index (χ1n) is 6.56. The smallest absolute Gasteiger partial charge is 0.188 e. The van der Waals surface area contributed by atoms with Crippen molar-refractivity contribution in [1.29, 1.82) is 0 Å². The third-order valence-corrected chi connectivity index (χ3v) is 6.00. The van der Waals surface area contributed by atoms with Gasteiger partial charge in [0.2, 0.25) is 0 Å². The number of nitrogens with zero attached hydrogens (tertiary/aromatic N) is 1. The Bertz CT molecular complexity index is 597. The van der Waals surface area contributed by atoms with Gasteiger partial charge in [0.05, 0.1) is 3.79 Å². The monoisotopic (exact) mass is 497 g/mol. The summed E-state index contributed by atoms with van der Waals surface area (Å²) in [6.07, 6.45) is 2.11. The molecule has 3 rings (SSSR count). The zero-order valence-electron chi connectivity index (χ0n) is 11.3. The van der Waals surface area contributed by atoms with Crippen LogP contribution < -0.4 is 11.1 Å². The molecule has 0 amide bonds. The number of hydrogen-bond donors (Lipinski definition) is 2. The molecule has 0 radical (unpaired) electrons. The van der Waals surface area contributed by atoms with Crippen molar-refractivity contribution >= 4 is 68.5 Å². The van der Waals surface area contributed by atoms with Crippen molar-refractivity contribution in [1.82, 2.24) is 5.32 Å². The standard InChI is InChI=1S/C14H16BrN3S2.HI/c15-13-4-3-12(20-13)10-8-11(10)18-14(16)17-6-5-9-2-1-7-19-9;/h1-4,7,10-11H,5-6,8H2,(H3,16,17,18);1H/t10-,11-;/m1./s1. The van der Waals surface area contributed by atoms with Crippen molar-refractivity contribution in [2.45, 2.75) is 24.8 Å². The van der Waals surface area contributed by atoms with E-state index in [1.54, 1.807) is 22.7 Å². The van der Waals surface area contributed by atoms with Gasteiger partial charge in [0.1, 0.15) is 0 Å². The molecule has 1 fully saturated rings. The first kappa shape index (κ1) is 17.2. The minimum atomic E-state index is 0. The molecule has 7 heteroatoms. The van der Waals surface area contributed by atoms with Crippen molar-refractivity contribution in [3.8, 4) is 0 Å². The van der Waals surface area contributed by atoms with Crippen LogP contribution in [0.2, 0.25) is 0 Å². The number of guanidine groups is 1. The summed E-state index contributed by atoms with van der Waals surface area (Å²) < 4.78 is 1.19. The van der Waals surface area contributed by atoms with Gasteiger partial charge in [-0.2, -0.15) is 0 Å². The number of aliphatic imine (C=N–C) groups is 1. The summed E-state index contributed by atoms with van der Waals surface area (Å²) in [5.41, 5.74) is 5.94. The van der Waals surface area contributed by atoms with Crippen LogP contribution in [-0.2, 0) is 6.42 Å². The summed E-state index contributed by atoms with van der Waals surface area (Å²) in [4.78, 5) is 7.17. The van der Waals surface area contributed by atoms with Gasteiger partial charge in [0.25, 0.3) is 0 Å². The molecule has 0 aromatic carbocycles. The molecule has 0 saturated heterocycles. The Labute approximate surface area is 158 Å². The van der Waals surface area contributed by atoms with Crippen molar-refractivity contribution < 1.29 is 0 Å². The van der Waals surface area contributed by atoms with Crippen LogP contribution in [0, 0.1) is 0 Å². The van der Waals surface area contributed by atoms with Gasteiger partial charge in [-0.1, -0.05) is 6.07 Å². The number of nitrogens with one attached hydrogen (secondary N) is 1. The summed E-state index contributed by atoms with van der Waals surface area (Å²) in [5.74, 6) is 1.17. The Morgan fingerprint density at radius 2 is 2.29 bits per heavy atom. The van der Waals surface area contributed by atoms with E-state index in [4.69, 9.17) is 5.73 Å². The fourth-order valence-electron chi connectivity index (χ4n) is 2.17. The molecular formula is C14H17BrIN3S2. The molecule has 0 bridgehead atoms. The average molecular weight is 498 g/mol. The van der Waals surface area contributed by atoms with Crippen LogP contribution in [-0.4, -0.2) is 18.5 Å². The number of rotatable bonds is 5. The number of nitrogens with two attached hydrogens (primary N) is 1. The topological polar surface area (TPSA) is 50.4 Å². The fourth-order valence-corrected chi connectivity index (χ4v) is 4.47. The molecular weight excluding hydrogens is 481 g/mol. The second kappa shape index (κ2) is 7.94. The summed E-state index contributed by atoms with van der Waals surface area (Å²) in [6, 6.07) is 8.94. The maximum atomic E-state index is 5.94. The van der Waals surface area contributed by atoms with E-state index < -0.39 is 0 Å². The van der Waals surface area contributed by atoms with E-state index in [2.05, 4.69) is 55.9 Å². The predicted molar refractivity (Wildman–Crippen MR) is 106 cm³/mol. The van der Waals surface area contributed by atoms with Crippen molar-refractivity contribution in [3.05, 3.63) is 43.2 Å². The van der Waals surface area contributed by atoms with Crippen molar-refractivity contribution in [3.63, 3.8) is 0 Å². The molecule has 0 unspecified atom stereocenters. The highest BCUT2D eigenvalue weighted by atomic mass is 127. The lowest BCUT2D eigenvalue weighted by atomic mass is 10.3. The van der Waals surface area contributed by atoms with Crippen LogP contribution >= 0.6 is 62.6 Å². The molecule has 114 valence electrons. The second-order valence-electron chi connectivity index (χ2n) is 4.83. The van der Waals surface area contributed by atoms with Crippen LogP contribution in [0.4, 0.5) is 0 Å². The predicted octanol–water partition coefficient (Wildman–Crippen LogP) is 4.19. The van der Waals surface area contributed by atoms with Gasteiger partial charge < -0.3 is 11.1 Å². The van der Waals surface area contributed by atoms with Crippen LogP contribution in [0.3, 0.4) is 0 Å². The highest BCUT2D eigenvalue weighted by molar-refractivity contribution is 14.0. The molecule has 1 aliphatic rings. The van der Waals surface area contributed by atoms with E-state index in [9.17, 15) is 0 Å². The summed E-state index contributed by atoms with van der Waals surface area (Å²) in [5, 5.41) is 5.41. The molecule has 3 N–H and O–H groups in total. The summed E-state index contributed by atoms with van der Waals surface area (Å²) in [7, 11) is 0. The van der Waals surface area contributed by atoms with Crippen LogP contribution in [0.15, 0.2) is 38.4 Å². The summed E-state index contributed by atoms with van der Waals surface area (Å²) >= 11 is 7.07. The van der Waals surface area contributed by atoms with E-state index in [-0.39, 0.29) is 24.0 Å². The maximum Gasteiger partial charge on any atom is 0.188 e. The lowest BCUT2D eigenvalue weighted by Gasteiger charge is -2.04. The Morgan fingerprint density at radius 3 is 2.95 bits per heavy atom. The molecule has 0 spiro atoms. The van der Waals surface area contributed by atoms with E-state index in [0.717, 1.165) is 19.4 Å². The van der Waals surface area contributed by atoms with Crippen LogP contribution in [0.5, 0.6) is 0 Å². The number of hydrogen-bond acceptors (Lipinski definition) is 3. The van der Waals surface area contributed by atoms with E-state index in [1.807, 2.05) is 0 Å². The SMILES string of the molecule is I.NC(=NCCc1cccs1)N[C@@H]1C[C@H]1c1ccc(Br)s1. The molecule has 1 saturated carbocycles. The highest BCUT2D eigenvalue weighted by Gasteiger charge is 2.39. The lowest BCUT2D eigenvalue weighted by molar-refractivity contribution is 0.849. The third-order valence-electron chi connectivity index (χ3n) is 3.30. The first-order chi connectivity index (χ1) is 9.72. The van der Waals surface area contributed by atoms with E-state index in [1.165, 1.54) is 13.5 Å². The summed E-state index contributed by atoms with van der Waals surface area (Å²) in [6.45, 7) is 0.751. The van der Waals surface area contributed by atoms with Gasteiger partial charge in [0, 0.05) is 34.7 Å². The fraction of sp³-hybridized carbons (Fsp3) is 0.357. The van der Waals surface area contributed by atoms with Crippen molar-refractivity contribution in [2.24, 2.45) is 10.7 Å². The van der Waals surface area contributed by atoms with Gasteiger partial charge in [0.15, 0.2) is 5.96 Å². The van der Waals surface area contributed by atoms with E-state index >= 15 is 0 Å². The molecule has 2 aromatic rings. The zero-order valence-corrected chi connectivity index (χ0v) is 16.8. The highest BCUT2D eigenvalue weighted by Crippen LogP contribution is 2.44. The minimum Gasteiger partial charge on any atom is -0.370 e. The zero-order chi connectivity index (χ0) is 13.9. The number of thiophene rings is 2. The quantitative estimate of drug-likeness (QED) is 0.369. The Hall–Kier alpha value is -0.120. The van der Waals surface area contributed by atoms with E-state index in [0.29, 0.717) is 17.9 Å². The Kier molecular flexibility index (Phi) is 6.51.